The smallest absolute Gasteiger partial charge is 0.220 e. The predicted molar refractivity (Wildman–Crippen MR) is 85.1 cm³/mol. The molecule has 0 bridgehead atoms. The van der Waals surface area contributed by atoms with Gasteiger partial charge in [-0.25, -0.2) is 4.99 Å². The van der Waals surface area contributed by atoms with Crippen LogP contribution in [0.2, 0.25) is 5.02 Å². The highest BCUT2D eigenvalue weighted by Gasteiger charge is 2.28. The second kappa shape index (κ2) is 5.08. The number of aliphatic imine (C=N–C) groups is 1. The molecule has 1 aliphatic rings. The molecule has 0 spiro atoms. The number of benzene rings is 2. The third-order valence-corrected chi connectivity index (χ3v) is 3.62. The molecule has 0 saturated heterocycles. The average molecular weight is 302 g/mol. The molecule has 21 heavy (non-hydrogen) atoms. The zero-order valence-electron chi connectivity index (χ0n) is 11.9. The van der Waals surface area contributed by atoms with E-state index in [1.807, 2.05) is 50.2 Å². The van der Waals surface area contributed by atoms with Gasteiger partial charge >= 0.3 is 0 Å². The Bertz CT molecular complexity index is 705. The highest BCUT2D eigenvalue weighted by atomic mass is 35.5. The zero-order valence-corrected chi connectivity index (χ0v) is 12.7. The van der Waals surface area contributed by atoms with Crippen LogP contribution in [0.15, 0.2) is 47.5 Å². The van der Waals surface area contributed by atoms with E-state index in [1.54, 1.807) is 6.07 Å². The molecule has 0 atom stereocenters. The molecule has 1 N–H and O–H groups in total. The molecule has 4 heteroatoms. The van der Waals surface area contributed by atoms with Crippen LogP contribution < -0.4 is 0 Å². The third kappa shape index (κ3) is 2.88. The molecule has 1 heterocycles. The first-order chi connectivity index (χ1) is 9.94. The van der Waals surface area contributed by atoms with Crippen molar-refractivity contribution in [2.24, 2.45) is 4.99 Å². The van der Waals surface area contributed by atoms with Crippen LogP contribution in [0.3, 0.4) is 0 Å². The summed E-state index contributed by atoms with van der Waals surface area (Å²) in [5.74, 6) is 0.664. The Kier molecular flexibility index (Phi) is 3.38. The lowest BCUT2D eigenvalue weighted by Gasteiger charge is -2.08. The molecule has 0 unspecified atom stereocenters. The summed E-state index contributed by atoms with van der Waals surface area (Å²) in [5, 5.41) is 10.8. The molecular weight excluding hydrogens is 286 g/mol. The molecule has 0 aliphatic carbocycles. The Morgan fingerprint density at radius 2 is 1.76 bits per heavy atom. The number of rotatable bonds is 2. The van der Waals surface area contributed by atoms with Gasteiger partial charge in [-0.1, -0.05) is 29.8 Å². The summed E-state index contributed by atoms with van der Waals surface area (Å²) in [7, 11) is 0. The highest BCUT2D eigenvalue weighted by Crippen LogP contribution is 2.30. The summed E-state index contributed by atoms with van der Waals surface area (Å²) in [6.45, 7) is 4.52. The fourth-order valence-electron chi connectivity index (χ4n) is 2.25. The van der Waals surface area contributed by atoms with E-state index in [1.165, 1.54) is 0 Å². The topological polar surface area (TPSA) is 41.8 Å². The fraction of sp³-hybridized carbons (Fsp3) is 0.235. The van der Waals surface area contributed by atoms with Gasteiger partial charge in [-0.05, 0) is 49.2 Å². The maximum atomic E-state index is 10.1. The van der Waals surface area contributed by atoms with Crippen LogP contribution in [0.1, 0.15) is 19.4 Å². The minimum absolute atomic E-state index is 0.171. The molecular formula is C17H16ClNO2. The third-order valence-electron chi connectivity index (χ3n) is 3.37. The first-order valence-corrected chi connectivity index (χ1v) is 7.14. The minimum Gasteiger partial charge on any atom is -0.507 e. The lowest BCUT2D eigenvalue weighted by atomic mass is 10.0. The molecule has 3 nitrogen and oxygen atoms in total. The van der Waals surface area contributed by atoms with E-state index in [-0.39, 0.29) is 11.3 Å². The van der Waals surface area contributed by atoms with E-state index >= 15 is 0 Å². The summed E-state index contributed by atoms with van der Waals surface area (Å²) >= 11 is 5.91. The molecule has 2 aromatic rings. The molecule has 0 radical (unpaired) electrons. The van der Waals surface area contributed by atoms with Crippen molar-refractivity contribution in [3.05, 3.63) is 53.1 Å². The number of hydrogen-bond acceptors (Lipinski definition) is 3. The summed E-state index contributed by atoms with van der Waals surface area (Å²) in [6, 6.07) is 13.0. The van der Waals surface area contributed by atoms with Crippen molar-refractivity contribution < 1.29 is 9.84 Å². The largest absolute Gasteiger partial charge is 0.507 e. The van der Waals surface area contributed by atoms with E-state index in [0.29, 0.717) is 23.1 Å². The molecule has 1 aliphatic heterocycles. The SMILES string of the molecule is CC1(C)COC(c2cc(-c3ccc(Cl)cc3)ccc2O)=N1. The van der Waals surface area contributed by atoms with E-state index in [0.717, 1.165) is 11.1 Å². The Morgan fingerprint density at radius 1 is 1.10 bits per heavy atom. The van der Waals surface area contributed by atoms with Gasteiger partial charge in [-0.2, -0.15) is 0 Å². The Labute approximate surface area is 128 Å². The van der Waals surface area contributed by atoms with Crippen molar-refractivity contribution in [3.8, 4) is 16.9 Å². The highest BCUT2D eigenvalue weighted by molar-refractivity contribution is 6.30. The van der Waals surface area contributed by atoms with Crippen molar-refractivity contribution in [1.29, 1.82) is 0 Å². The van der Waals surface area contributed by atoms with Crippen LogP contribution in [0, 0.1) is 0 Å². The lowest BCUT2D eigenvalue weighted by molar-refractivity contribution is 0.279. The van der Waals surface area contributed by atoms with Gasteiger partial charge in [-0.15, -0.1) is 0 Å². The van der Waals surface area contributed by atoms with E-state index in [2.05, 4.69) is 4.99 Å². The summed E-state index contributed by atoms with van der Waals surface area (Å²) in [6.07, 6.45) is 0. The van der Waals surface area contributed by atoms with Crippen LogP contribution in [-0.2, 0) is 4.74 Å². The number of phenolic OH excluding ortho intramolecular Hbond substituents is 1. The van der Waals surface area contributed by atoms with Crippen molar-refractivity contribution in [2.45, 2.75) is 19.4 Å². The summed E-state index contributed by atoms with van der Waals surface area (Å²) in [5.41, 5.74) is 2.37. The maximum absolute atomic E-state index is 10.1. The number of hydrogen-bond donors (Lipinski definition) is 1. The molecule has 0 fully saturated rings. The van der Waals surface area contributed by atoms with Gasteiger partial charge in [0.15, 0.2) is 0 Å². The van der Waals surface area contributed by atoms with Crippen molar-refractivity contribution in [2.75, 3.05) is 6.61 Å². The monoisotopic (exact) mass is 301 g/mol. The maximum Gasteiger partial charge on any atom is 0.220 e. The van der Waals surface area contributed by atoms with E-state index < -0.39 is 0 Å². The first-order valence-electron chi connectivity index (χ1n) is 6.77. The van der Waals surface area contributed by atoms with Crippen LogP contribution in [-0.4, -0.2) is 23.2 Å². The van der Waals surface area contributed by atoms with Gasteiger partial charge in [0.25, 0.3) is 0 Å². The van der Waals surface area contributed by atoms with Gasteiger partial charge in [-0.3, -0.25) is 0 Å². The van der Waals surface area contributed by atoms with Crippen LogP contribution in [0.4, 0.5) is 0 Å². The zero-order chi connectivity index (χ0) is 15.0. The van der Waals surface area contributed by atoms with Crippen LogP contribution >= 0.6 is 11.6 Å². The first kappa shape index (κ1) is 14.0. The van der Waals surface area contributed by atoms with Gasteiger partial charge in [0.05, 0.1) is 11.1 Å². The molecule has 2 aromatic carbocycles. The van der Waals surface area contributed by atoms with Crippen molar-refractivity contribution in [3.63, 3.8) is 0 Å². The normalized spacial score (nSPS) is 16.4. The van der Waals surface area contributed by atoms with E-state index in [4.69, 9.17) is 16.3 Å². The molecule has 0 saturated carbocycles. The average Bonchev–Trinajstić information content (AvgIpc) is 2.80. The number of ether oxygens (including phenoxy) is 1. The second-order valence-electron chi connectivity index (χ2n) is 5.76. The quantitative estimate of drug-likeness (QED) is 0.900. The van der Waals surface area contributed by atoms with E-state index in [9.17, 15) is 5.11 Å². The van der Waals surface area contributed by atoms with Gasteiger partial charge in [0.2, 0.25) is 5.90 Å². The molecule has 3 rings (SSSR count). The van der Waals surface area contributed by atoms with Crippen LogP contribution in [0.25, 0.3) is 11.1 Å². The molecule has 0 amide bonds. The Balaban J connectivity index is 2.03. The van der Waals surface area contributed by atoms with Crippen molar-refractivity contribution >= 4 is 17.5 Å². The Hall–Kier alpha value is -2.00. The number of nitrogens with zero attached hydrogens (tertiary/aromatic N) is 1. The molecule has 108 valence electrons. The number of halogens is 1. The van der Waals surface area contributed by atoms with Crippen molar-refractivity contribution in [1.82, 2.24) is 0 Å². The lowest BCUT2D eigenvalue weighted by Crippen LogP contribution is -2.17. The summed E-state index contributed by atoms with van der Waals surface area (Å²) in [4.78, 5) is 4.51. The molecule has 0 aromatic heterocycles. The predicted octanol–water partition coefficient (Wildman–Crippen LogP) is 4.27. The number of aromatic hydroxyl groups is 1. The minimum atomic E-state index is -0.252. The summed E-state index contributed by atoms with van der Waals surface area (Å²) < 4.78 is 5.61. The Morgan fingerprint density at radius 3 is 2.38 bits per heavy atom. The fourth-order valence-corrected chi connectivity index (χ4v) is 2.38. The van der Waals surface area contributed by atoms with Gasteiger partial charge in [0, 0.05) is 5.02 Å². The second-order valence-corrected chi connectivity index (χ2v) is 6.19. The van der Waals surface area contributed by atoms with Gasteiger partial charge in [0.1, 0.15) is 12.4 Å². The number of phenols is 1. The standard InChI is InChI=1S/C17H16ClNO2/c1-17(2)10-21-16(19-17)14-9-12(5-8-15(14)20)11-3-6-13(18)7-4-11/h3-9,20H,10H2,1-2H3. The van der Waals surface area contributed by atoms with Crippen LogP contribution in [0.5, 0.6) is 5.75 Å². The van der Waals surface area contributed by atoms with Gasteiger partial charge < -0.3 is 9.84 Å².